The molecule has 1 saturated heterocycles. The van der Waals surface area contributed by atoms with Crippen molar-refractivity contribution in [2.24, 2.45) is 0 Å². The molecule has 1 heterocycles. The molecule has 2 unspecified atom stereocenters. The normalized spacial score (nSPS) is 22.1. The van der Waals surface area contributed by atoms with E-state index < -0.39 is 0 Å². The second-order valence-corrected chi connectivity index (χ2v) is 5.61. The van der Waals surface area contributed by atoms with Crippen LogP contribution >= 0.6 is 0 Å². The summed E-state index contributed by atoms with van der Waals surface area (Å²) in [6, 6.07) is 0.515. The molecule has 2 nitrogen and oxygen atoms in total. The molecule has 0 aliphatic carbocycles. The predicted molar refractivity (Wildman–Crippen MR) is 79.7 cm³/mol. The minimum atomic E-state index is 0.257. The smallest absolute Gasteiger partial charge is 0.0332 e. The summed E-state index contributed by atoms with van der Waals surface area (Å²) in [7, 11) is 0. The van der Waals surface area contributed by atoms with Crippen LogP contribution in [0.15, 0.2) is 0 Å². The maximum Gasteiger partial charge on any atom is 0.0332 e. The van der Waals surface area contributed by atoms with Crippen molar-refractivity contribution in [3.8, 4) is 12.3 Å². The second-order valence-electron chi connectivity index (χ2n) is 5.61. The van der Waals surface area contributed by atoms with Gasteiger partial charge >= 0.3 is 0 Å². The van der Waals surface area contributed by atoms with Crippen LogP contribution in [0.2, 0.25) is 0 Å². The lowest BCUT2D eigenvalue weighted by Crippen LogP contribution is -2.60. The molecule has 0 aromatic heterocycles. The lowest BCUT2D eigenvalue weighted by molar-refractivity contribution is 0.0412. The topological polar surface area (TPSA) is 15.3 Å². The van der Waals surface area contributed by atoms with Gasteiger partial charge in [-0.25, -0.2) is 0 Å². The van der Waals surface area contributed by atoms with Crippen molar-refractivity contribution in [1.82, 2.24) is 10.2 Å². The minimum Gasteiger partial charge on any atom is -0.312 e. The van der Waals surface area contributed by atoms with Crippen LogP contribution in [0.3, 0.4) is 0 Å². The van der Waals surface area contributed by atoms with E-state index in [1.54, 1.807) is 0 Å². The second kappa shape index (κ2) is 7.81. The lowest BCUT2D eigenvalue weighted by Gasteiger charge is -2.48. The summed E-state index contributed by atoms with van der Waals surface area (Å²) in [6.45, 7) is 10.5. The third kappa shape index (κ3) is 3.73. The summed E-state index contributed by atoms with van der Waals surface area (Å²) >= 11 is 0. The van der Waals surface area contributed by atoms with Crippen LogP contribution in [0.25, 0.3) is 0 Å². The Morgan fingerprint density at radius 1 is 1.28 bits per heavy atom. The standard InChI is InChI=1S/C16H30N2/c1-5-8-12-15(17-7-3)16(4,6-2)18-13-10-9-11-14-18/h1,15,17H,6-14H2,2-4H3. The summed E-state index contributed by atoms with van der Waals surface area (Å²) in [6.07, 6.45) is 12.7. The number of piperidine rings is 1. The van der Waals surface area contributed by atoms with Crippen LogP contribution in [0, 0.1) is 12.3 Å². The zero-order valence-corrected chi connectivity index (χ0v) is 12.5. The van der Waals surface area contributed by atoms with Crippen LogP contribution < -0.4 is 5.32 Å². The van der Waals surface area contributed by atoms with E-state index >= 15 is 0 Å². The molecule has 104 valence electrons. The number of nitrogens with one attached hydrogen (secondary N) is 1. The molecule has 1 N–H and O–H groups in total. The molecule has 0 aromatic carbocycles. The Morgan fingerprint density at radius 3 is 2.44 bits per heavy atom. The molecule has 1 aliphatic heterocycles. The Labute approximate surface area is 114 Å². The number of likely N-dealkylation sites (tertiary alicyclic amines) is 1. The van der Waals surface area contributed by atoms with Gasteiger partial charge in [0.2, 0.25) is 0 Å². The van der Waals surface area contributed by atoms with E-state index in [2.05, 4.69) is 36.9 Å². The molecule has 0 spiro atoms. The first-order chi connectivity index (χ1) is 8.69. The Bertz CT molecular complexity index is 263. The molecule has 2 atom stereocenters. The number of hydrogen-bond acceptors (Lipinski definition) is 2. The predicted octanol–water partition coefficient (Wildman–Crippen LogP) is 3.03. The molecular weight excluding hydrogens is 220 g/mol. The van der Waals surface area contributed by atoms with E-state index in [4.69, 9.17) is 6.42 Å². The fourth-order valence-electron chi connectivity index (χ4n) is 3.20. The average molecular weight is 250 g/mol. The number of nitrogens with zero attached hydrogens (tertiary/aromatic N) is 1. The monoisotopic (exact) mass is 250 g/mol. The molecule has 2 heteroatoms. The number of terminal acetylenes is 1. The highest BCUT2D eigenvalue weighted by Gasteiger charge is 2.37. The molecule has 0 bridgehead atoms. The molecule has 0 aromatic rings. The molecule has 0 saturated carbocycles. The Kier molecular flexibility index (Phi) is 6.75. The van der Waals surface area contributed by atoms with Gasteiger partial charge in [-0.3, -0.25) is 4.90 Å². The first-order valence-corrected chi connectivity index (χ1v) is 7.61. The third-order valence-corrected chi connectivity index (χ3v) is 4.57. The Hall–Kier alpha value is -0.520. The zero-order chi connectivity index (χ0) is 13.4. The highest BCUT2D eigenvalue weighted by Crippen LogP contribution is 2.29. The average Bonchev–Trinajstić information content (AvgIpc) is 2.43. The molecule has 0 amide bonds. The van der Waals surface area contributed by atoms with Gasteiger partial charge in [0, 0.05) is 18.0 Å². The van der Waals surface area contributed by atoms with Gasteiger partial charge in [-0.05, 0) is 52.2 Å². The van der Waals surface area contributed by atoms with Crippen LogP contribution in [-0.2, 0) is 0 Å². The number of likely N-dealkylation sites (N-methyl/N-ethyl adjacent to an activating group) is 1. The van der Waals surface area contributed by atoms with Crippen LogP contribution in [0.4, 0.5) is 0 Å². The third-order valence-electron chi connectivity index (χ3n) is 4.57. The maximum atomic E-state index is 5.44. The minimum absolute atomic E-state index is 0.257. The van der Waals surface area contributed by atoms with Crippen molar-refractivity contribution >= 4 is 0 Å². The Balaban J connectivity index is 2.75. The maximum absolute atomic E-state index is 5.44. The highest BCUT2D eigenvalue weighted by atomic mass is 15.2. The summed E-state index contributed by atoms with van der Waals surface area (Å²) in [4.78, 5) is 2.69. The molecule has 18 heavy (non-hydrogen) atoms. The number of rotatable bonds is 7. The summed E-state index contributed by atoms with van der Waals surface area (Å²) < 4.78 is 0. The fraction of sp³-hybridized carbons (Fsp3) is 0.875. The lowest BCUT2D eigenvalue weighted by atomic mass is 9.83. The van der Waals surface area contributed by atoms with Crippen LogP contribution in [-0.4, -0.2) is 36.1 Å². The van der Waals surface area contributed by atoms with Crippen molar-refractivity contribution in [2.45, 2.75) is 70.9 Å². The highest BCUT2D eigenvalue weighted by molar-refractivity contribution is 4.99. The van der Waals surface area contributed by atoms with Gasteiger partial charge in [0.05, 0.1) is 0 Å². The van der Waals surface area contributed by atoms with Gasteiger partial charge < -0.3 is 5.32 Å². The van der Waals surface area contributed by atoms with Gasteiger partial charge in [0.15, 0.2) is 0 Å². The summed E-state index contributed by atoms with van der Waals surface area (Å²) in [5, 5.41) is 3.67. The molecule has 1 aliphatic rings. The largest absolute Gasteiger partial charge is 0.312 e. The molecule has 1 fully saturated rings. The van der Waals surface area contributed by atoms with E-state index in [1.807, 2.05) is 0 Å². The molecule has 0 radical (unpaired) electrons. The number of hydrogen-bond donors (Lipinski definition) is 1. The van der Waals surface area contributed by atoms with Crippen LogP contribution in [0.1, 0.15) is 59.3 Å². The van der Waals surface area contributed by atoms with Crippen molar-refractivity contribution in [1.29, 1.82) is 0 Å². The van der Waals surface area contributed by atoms with Crippen molar-refractivity contribution in [3.05, 3.63) is 0 Å². The molecule has 1 rings (SSSR count). The summed E-state index contributed by atoms with van der Waals surface area (Å²) in [5.74, 6) is 2.80. The van der Waals surface area contributed by atoms with Crippen molar-refractivity contribution in [2.75, 3.05) is 19.6 Å². The van der Waals surface area contributed by atoms with E-state index in [-0.39, 0.29) is 5.54 Å². The Morgan fingerprint density at radius 2 is 1.94 bits per heavy atom. The van der Waals surface area contributed by atoms with Gasteiger partial charge in [-0.2, -0.15) is 0 Å². The van der Waals surface area contributed by atoms with E-state index in [1.165, 1.54) is 38.8 Å². The van der Waals surface area contributed by atoms with Crippen molar-refractivity contribution in [3.63, 3.8) is 0 Å². The first-order valence-electron chi connectivity index (χ1n) is 7.61. The van der Waals surface area contributed by atoms with E-state index in [0.717, 1.165) is 19.4 Å². The van der Waals surface area contributed by atoms with Crippen LogP contribution in [0.5, 0.6) is 0 Å². The van der Waals surface area contributed by atoms with Gasteiger partial charge in [0.1, 0.15) is 0 Å². The van der Waals surface area contributed by atoms with Crippen molar-refractivity contribution < 1.29 is 0 Å². The first kappa shape index (κ1) is 15.5. The van der Waals surface area contributed by atoms with Gasteiger partial charge in [0.25, 0.3) is 0 Å². The fourth-order valence-corrected chi connectivity index (χ4v) is 3.20. The van der Waals surface area contributed by atoms with Gasteiger partial charge in [-0.1, -0.05) is 20.3 Å². The van der Waals surface area contributed by atoms with E-state index in [9.17, 15) is 0 Å². The van der Waals surface area contributed by atoms with E-state index in [0.29, 0.717) is 6.04 Å². The quantitative estimate of drug-likeness (QED) is 0.699. The molecular formula is C16H30N2. The zero-order valence-electron chi connectivity index (χ0n) is 12.5. The van der Waals surface area contributed by atoms with Gasteiger partial charge in [-0.15, -0.1) is 12.3 Å². The summed E-state index contributed by atoms with van der Waals surface area (Å²) in [5.41, 5.74) is 0.257. The SMILES string of the molecule is C#CCCC(NCC)C(C)(CC)N1CCCCC1.